The Labute approximate surface area is 63.0 Å². The minimum absolute atomic E-state index is 0.0648. The van der Waals surface area contributed by atoms with Gasteiger partial charge in [0.25, 0.3) is 0 Å². The fourth-order valence-electron chi connectivity index (χ4n) is 0.786. The topological polar surface area (TPSA) is 64.8 Å². The molecule has 0 aliphatic rings. The standard InChI is InChI=1S/C4H6FN3O2S/c1-3-4(11(5,9)10)8(2)7-6-3/h1-2H3. The molecule has 62 valence electrons. The molecule has 0 amide bonds. The quantitative estimate of drug-likeness (QED) is 0.559. The largest absolute Gasteiger partial charge is 0.351 e. The zero-order chi connectivity index (χ0) is 8.65. The molecule has 0 N–H and O–H groups in total. The summed E-state index contributed by atoms with van der Waals surface area (Å²) in [6.07, 6.45) is 0. The van der Waals surface area contributed by atoms with Crippen molar-refractivity contribution in [2.24, 2.45) is 7.05 Å². The third-order valence-electron chi connectivity index (χ3n) is 1.16. The molecule has 0 unspecified atom stereocenters. The van der Waals surface area contributed by atoms with Gasteiger partial charge in [0.05, 0.1) is 0 Å². The number of halogens is 1. The van der Waals surface area contributed by atoms with Gasteiger partial charge in [0.1, 0.15) is 5.69 Å². The molecule has 1 heterocycles. The van der Waals surface area contributed by atoms with Crippen molar-refractivity contribution in [1.82, 2.24) is 15.0 Å². The van der Waals surface area contributed by atoms with Gasteiger partial charge in [-0.05, 0) is 6.92 Å². The van der Waals surface area contributed by atoms with E-state index in [-0.39, 0.29) is 5.69 Å². The molecule has 7 heteroatoms. The smallest absolute Gasteiger partial charge is 0.235 e. The average molecular weight is 179 g/mol. The van der Waals surface area contributed by atoms with Crippen LogP contribution in [0.5, 0.6) is 0 Å². The van der Waals surface area contributed by atoms with Crippen molar-refractivity contribution in [3.63, 3.8) is 0 Å². The van der Waals surface area contributed by atoms with Crippen molar-refractivity contribution >= 4 is 10.2 Å². The maximum absolute atomic E-state index is 12.3. The van der Waals surface area contributed by atoms with Crippen molar-refractivity contribution in [1.29, 1.82) is 0 Å². The van der Waals surface area contributed by atoms with Crippen LogP contribution in [0.3, 0.4) is 0 Å². The predicted molar refractivity (Wildman–Crippen MR) is 34.0 cm³/mol. The van der Waals surface area contributed by atoms with Crippen LogP contribution in [0.4, 0.5) is 3.89 Å². The molecule has 0 aliphatic heterocycles. The monoisotopic (exact) mass is 179 g/mol. The van der Waals surface area contributed by atoms with Crippen LogP contribution in [0.1, 0.15) is 5.69 Å². The maximum atomic E-state index is 12.3. The van der Waals surface area contributed by atoms with Gasteiger partial charge in [-0.15, -0.1) is 5.10 Å². The van der Waals surface area contributed by atoms with E-state index in [1.807, 2.05) is 0 Å². The molecule has 0 atom stereocenters. The highest BCUT2D eigenvalue weighted by molar-refractivity contribution is 7.86. The van der Waals surface area contributed by atoms with E-state index in [1.54, 1.807) is 0 Å². The highest BCUT2D eigenvalue weighted by Gasteiger charge is 2.21. The number of hydrogen-bond donors (Lipinski definition) is 0. The Hall–Kier alpha value is -0.980. The first-order valence-electron chi connectivity index (χ1n) is 2.74. The zero-order valence-corrected chi connectivity index (χ0v) is 6.76. The van der Waals surface area contributed by atoms with E-state index in [0.717, 1.165) is 4.68 Å². The minimum atomic E-state index is -4.68. The summed E-state index contributed by atoms with van der Waals surface area (Å²) in [6.45, 7) is 1.37. The third-order valence-corrected chi connectivity index (χ3v) is 2.18. The minimum Gasteiger partial charge on any atom is -0.235 e. The summed E-state index contributed by atoms with van der Waals surface area (Å²) >= 11 is 0. The summed E-state index contributed by atoms with van der Waals surface area (Å²) in [5, 5.41) is 6.22. The van der Waals surface area contributed by atoms with Crippen molar-refractivity contribution in [2.75, 3.05) is 0 Å². The molecule has 1 aromatic heterocycles. The van der Waals surface area contributed by atoms with E-state index in [2.05, 4.69) is 10.3 Å². The number of aryl methyl sites for hydroxylation is 2. The highest BCUT2D eigenvalue weighted by Crippen LogP contribution is 2.12. The van der Waals surface area contributed by atoms with Gasteiger partial charge < -0.3 is 0 Å². The maximum Gasteiger partial charge on any atom is 0.351 e. The van der Waals surface area contributed by atoms with Crippen molar-refractivity contribution < 1.29 is 12.3 Å². The number of aromatic nitrogens is 3. The van der Waals surface area contributed by atoms with E-state index in [9.17, 15) is 12.3 Å². The SMILES string of the molecule is Cc1nnn(C)c1S(=O)(=O)F. The Morgan fingerprint density at radius 3 is 2.27 bits per heavy atom. The van der Waals surface area contributed by atoms with Crippen LogP contribution in [0.25, 0.3) is 0 Å². The van der Waals surface area contributed by atoms with Crippen molar-refractivity contribution in [3.8, 4) is 0 Å². The van der Waals surface area contributed by atoms with Crippen LogP contribution in [-0.4, -0.2) is 23.4 Å². The van der Waals surface area contributed by atoms with Crippen molar-refractivity contribution in [2.45, 2.75) is 11.9 Å². The lowest BCUT2D eigenvalue weighted by Gasteiger charge is -1.92. The molecule has 0 aliphatic carbocycles. The molecule has 1 aromatic rings. The Morgan fingerprint density at radius 1 is 1.55 bits per heavy atom. The summed E-state index contributed by atoms with van der Waals surface area (Å²) < 4.78 is 34.0. The number of rotatable bonds is 1. The van der Waals surface area contributed by atoms with Gasteiger partial charge in [-0.3, -0.25) is 0 Å². The van der Waals surface area contributed by atoms with Crippen molar-refractivity contribution in [3.05, 3.63) is 5.69 Å². The molecule has 1 rings (SSSR count). The Morgan fingerprint density at radius 2 is 2.09 bits per heavy atom. The molecule has 0 spiro atoms. The van der Waals surface area contributed by atoms with Gasteiger partial charge >= 0.3 is 10.2 Å². The zero-order valence-electron chi connectivity index (χ0n) is 5.94. The van der Waals surface area contributed by atoms with Crippen LogP contribution in [0.2, 0.25) is 0 Å². The average Bonchev–Trinajstić information content (AvgIpc) is 2.08. The van der Waals surface area contributed by atoms with Crippen LogP contribution < -0.4 is 0 Å². The molecule has 0 radical (unpaired) electrons. The highest BCUT2D eigenvalue weighted by atomic mass is 32.3. The van der Waals surface area contributed by atoms with E-state index >= 15 is 0 Å². The molecule has 0 fully saturated rings. The molecular weight excluding hydrogens is 173 g/mol. The fourth-order valence-corrected chi connectivity index (χ4v) is 1.53. The van der Waals surface area contributed by atoms with Crippen LogP contribution in [0.15, 0.2) is 5.03 Å². The molecule has 11 heavy (non-hydrogen) atoms. The second-order valence-corrected chi connectivity index (χ2v) is 3.30. The van der Waals surface area contributed by atoms with E-state index < -0.39 is 15.2 Å². The molecule has 5 nitrogen and oxygen atoms in total. The summed E-state index contributed by atoms with van der Waals surface area (Å²) in [4.78, 5) is 0. The summed E-state index contributed by atoms with van der Waals surface area (Å²) in [7, 11) is -3.37. The summed E-state index contributed by atoms with van der Waals surface area (Å²) in [6, 6.07) is 0. The van der Waals surface area contributed by atoms with E-state index in [0.29, 0.717) is 0 Å². The Balaban J connectivity index is 3.45. The summed E-state index contributed by atoms with van der Waals surface area (Å²) in [5.74, 6) is 0. The van der Waals surface area contributed by atoms with Gasteiger partial charge in [0.15, 0.2) is 0 Å². The fraction of sp³-hybridized carbons (Fsp3) is 0.500. The number of hydrogen-bond acceptors (Lipinski definition) is 4. The second-order valence-electron chi connectivity index (χ2n) is 2.04. The lowest BCUT2D eigenvalue weighted by molar-refractivity contribution is 0.532. The lowest BCUT2D eigenvalue weighted by Crippen LogP contribution is -2.03. The van der Waals surface area contributed by atoms with E-state index in [1.165, 1.54) is 14.0 Å². The molecule has 0 saturated heterocycles. The lowest BCUT2D eigenvalue weighted by atomic mass is 10.6. The van der Waals surface area contributed by atoms with Gasteiger partial charge in [-0.25, -0.2) is 4.68 Å². The second kappa shape index (κ2) is 2.26. The predicted octanol–water partition coefficient (Wildman–Crippen LogP) is -0.218. The third kappa shape index (κ3) is 1.37. The Bertz CT molecular complexity index is 349. The van der Waals surface area contributed by atoms with Gasteiger partial charge in [0.2, 0.25) is 5.03 Å². The van der Waals surface area contributed by atoms with E-state index in [4.69, 9.17) is 0 Å². The summed E-state index contributed by atoms with van der Waals surface area (Å²) in [5.41, 5.74) is 0.0648. The van der Waals surface area contributed by atoms with Gasteiger partial charge in [-0.2, -0.15) is 8.42 Å². The first-order valence-corrected chi connectivity index (χ1v) is 4.12. The number of nitrogens with zero attached hydrogens (tertiary/aromatic N) is 3. The molecular formula is C4H6FN3O2S. The first-order chi connectivity index (χ1) is 4.93. The molecule has 0 bridgehead atoms. The van der Waals surface area contributed by atoms with Crippen LogP contribution in [-0.2, 0) is 17.3 Å². The van der Waals surface area contributed by atoms with Gasteiger partial charge in [0, 0.05) is 7.05 Å². The molecule has 0 aromatic carbocycles. The first kappa shape index (κ1) is 8.12. The van der Waals surface area contributed by atoms with Crippen LogP contribution in [0, 0.1) is 6.92 Å². The van der Waals surface area contributed by atoms with Gasteiger partial charge in [-0.1, -0.05) is 9.10 Å². The van der Waals surface area contributed by atoms with Crippen LogP contribution >= 0.6 is 0 Å². The normalized spacial score (nSPS) is 11.9. The Kier molecular flexibility index (Phi) is 1.67. The molecule has 0 saturated carbocycles.